The highest BCUT2D eigenvalue weighted by atomic mass is 16.4. The predicted octanol–water partition coefficient (Wildman–Crippen LogP) is 0.909. The number of carbonyl (C=O) groups is 1. The van der Waals surface area contributed by atoms with Crippen molar-refractivity contribution in [3.05, 3.63) is 0 Å². The number of carboxylic acid groups (broad SMARTS) is 1. The number of carboxylic acids is 1. The van der Waals surface area contributed by atoms with Crippen molar-refractivity contribution in [2.75, 3.05) is 13.6 Å². The Bertz CT molecular complexity index is 221. The molecule has 0 radical (unpaired) electrons. The van der Waals surface area contributed by atoms with Crippen molar-refractivity contribution < 1.29 is 9.90 Å². The molecule has 1 saturated carbocycles. The van der Waals surface area contributed by atoms with E-state index in [-0.39, 0.29) is 6.04 Å². The van der Waals surface area contributed by atoms with Gasteiger partial charge >= 0.3 is 5.97 Å². The molecular formula is C11H22N2O2. The molecule has 1 fully saturated rings. The van der Waals surface area contributed by atoms with Crippen LogP contribution >= 0.6 is 0 Å². The van der Waals surface area contributed by atoms with E-state index in [1.807, 2.05) is 18.9 Å². The molecule has 0 aromatic rings. The van der Waals surface area contributed by atoms with Crippen molar-refractivity contribution in [2.45, 2.75) is 44.7 Å². The molecule has 3 N–H and O–H groups in total. The summed E-state index contributed by atoms with van der Waals surface area (Å²) in [6.45, 7) is 2.59. The largest absolute Gasteiger partial charge is 0.480 e. The second kappa shape index (κ2) is 5.47. The number of nitrogens with two attached hydrogens (primary N) is 1. The molecule has 1 aliphatic rings. The summed E-state index contributed by atoms with van der Waals surface area (Å²) in [4.78, 5) is 13.1. The molecule has 0 bridgehead atoms. The molecule has 0 aromatic heterocycles. The van der Waals surface area contributed by atoms with Gasteiger partial charge in [-0.15, -0.1) is 0 Å². The van der Waals surface area contributed by atoms with Gasteiger partial charge in [-0.25, -0.2) is 0 Å². The van der Waals surface area contributed by atoms with Gasteiger partial charge in [0.25, 0.3) is 0 Å². The summed E-state index contributed by atoms with van der Waals surface area (Å²) in [6.07, 6.45) is 4.05. The molecule has 4 heteroatoms. The van der Waals surface area contributed by atoms with Gasteiger partial charge < -0.3 is 10.8 Å². The lowest BCUT2D eigenvalue weighted by atomic mass is 10.0. The fourth-order valence-corrected chi connectivity index (χ4v) is 2.70. The third-order valence-electron chi connectivity index (χ3n) is 3.61. The Balaban J connectivity index is 2.64. The van der Waals surface area contributed by atoms with Crippen LogP contribution in [0.2, 0.25) is 0 Å². The first kappa shape index (κ1) is 12.5. The van der Waals surface area contributed by atoms with E-state index in [9.17, 15) is 4.79 Å². The monoisotopic (exact) mass is 214 g/mol. The molecule has 0 amide bonds. The fourth-order valence-electron chi connectivity index (χ4n) is 2.70. The summed E-state index contributed by atoms with van der Waals surface area (Å²) in [6, 6.07) is -0.00167. The van der Waals surface area contributed by atoms with Crippen molar-refractivity contribution in [1.29, 1.82) is 0 Å². The second-order valence-corrected chi connectivity index (χ2v) is 4.42. The van der Waals surface area contributed by atoms with Crippen molar-refractivity contribution in [3.63, 3.8) is 0 Å². The van der Waals surface area contributed by atoms with Crippen LogP contribution in [-0.4, -0.2) is 41.7 Å². The van der Waals surface area contributed by atoms with Crippen molar-refractivity contribution in [3.8, 4) is 0 Å². The van der Waals surface area contributed by atoms with E-state index in [2.05, 4.69) is 0 Å². The fraction of sp³-hybridized carbons (Fsp3) is 0.909. The Morgan fingerprint density at radius 3 is 2.73 bits per heavy atom. The number of hydrogen-bond donors (Lipinski definition) is 2. The summed E-state index contributed by atoms with van der Waals surface area (Å²) in [5, 5.41) is 9.09. The van der Waals surface area contributed by atoms with Crippen LogP contribution in [0.1, 0.15) is 32.6 Å². The van der Waals surface area contributed by atoms with Crippen LogP contribution in [0, 0.1) is 5.92 Å². The summed E-state index contributed by atoms with van der Waals surface area (Å²) >= 11 is 0. The highest BCUT2D eigenvalue weighted by Crippen LogP contribution is 2.30. The topological polar surface area (TPSA) is 66.6 Å². The number of aliphatic carboxylic acids is 1. The predicted molar refractivity (Wildman–Crippen MR) is 59.7 cm³/mol. The summed E-state index contributed by atoms with van der Waals surface area (Å²) in [5.74, 6) is -0.244. The van der Waals surface area contributed by atoms with Crippen LogP contribution in [0.4, 0.5) is 0 Å². The van der Waals surface area contributed by atoms with Crippen LogP contribution in [0.3, 0.4) is 0 Å². The molecule has 1 aliphatic carbocycles. The maximum Gasteiger partial charge on any atom is 0.320 e. The Kier molecular flexibility index (Phi) is 4.54. The molecule has 3 unspecified atom stereocenters. The van der Waals surface area contributed by atoms with Gasteiger partial charge in [0.05, 0.1) is 0 Å². The lowest BCUT2D eigenvalue weighted by Gasteiger charge is -2.33. The average molecular weight is 214 g/mol. The minimum atomic E-state index is -0.720. The van der Waals surface area contributed by atoms with Crippen molar-refractivity contribution >= 4 is 5.97 Å². The van der Waals surface area contributed by atoms with Crippen LogP contribution in [-0.2, 0) is 4.79 Å². The van der Waals surface area contributed by atoms with Crippen LogP contribution in [0.5, 0.6) is 0 Å². The quantitative estimate of drug-likeness (QED) is 0.714. The highest BCUT2D eigenvalue weighted by Gasteiger charge is 2.34. The molecule has 4 nitrogen and oxygen atoms in total. The Hall–Kier alpha value is -0.610. The summed E-state index contributed by atoms with van der Waals surface area (Å²) in [5.41, 5.74) is 5.71. The average Bonchev–Trinajstić information content (AvgIpc) is 2.65. The normalized spacial score (nSPS) is 28.3. The maximum absolute atomic E-state index is 11.1. The van der Waals surface area contributed by atoms with E-state index in [1.165, 1.54) is 6.42 Å². The van der Waals surface area contributed by atoms with Gasteiger partial charge in [-0.2, -0.15) is 0 Å². The van der Waals surface area contributed by atoms with Crippen molar-refractivity contribution in [1.82, 2.24) is 4.90 Å². The molecule has 3 atom stereocenters. The summed E-state index contributed by atoms with van der Waals surface area (Å²) < 4.78 is 0. The Morgan fingerprint density at radius 2 is 2.27 bits per heavy atom. The molecule has 0 aliphatic heterocycles. The lowest BCUT2D eigenvalue weighted by Crippen LogP contribution is -2.47. The Morgan fingerprint density at radius 1 is 1.60 bits per heavy atom. The van der Waals surface area contributed by atoms with Gasteiger partial charge in [-0.3, -0.25) is 9.69 Å². The molecule has 88 valence electrons. The minimum Gasteiger partial charge on any atom is -0.480 e. The number of nitrogens with zero attached hydrogens (tertiary/aromatic N) is 1. The van der Waals surface area contributed by atoms with Gasteiger partial charge in [0.2, 0.25) is 0 Å². The van der Waals surface area contributed by atoms with E-state index in [1.54, 1.807) is 0 Å². The highest BCUT2D eigenvalue weighted by molar-refractivity contribution is 5.73. The minimum absolute atomic E-state index is 0.357. The molecule has 15 heavy (non-hydrogen) atoms. The third kappa shape index (κ3) is 2.69. The van der Waals surface area contributed by atoms with Gasteiger partial charge in [0.1, 0.15) is 6.04 Å². The lowest BCUT2D eigenvalue weighted by molar-refractivity contribution is -0.144. The first-order chi connectivity index (χ1) is 7.11. The molecular weight excluding hydrogens is 192 g/mol. The SMILES string of the molecule is CCC(C(=O)O)N(C)C1CCCC1CN. The van der Waals surface area contributed by atoms with E-state index in [4.69, 9.17) is 10.8 Å². The second-order valence-electron chi connectivity index (χ2n) is 4.42. The van der Waals surface area contributed by atoms with Gasteiger partial charge in [-0.05, 0) is 38.8 Å². The van der Waals surface area contributed by atoms with E-state index >= 15 is 0 Å². The smallest absolute Gasteiger partial charge is 0.320 e. The summed E-state index contributed by atoms with van der Waals surface area (Å²) in [7, 11) is 1.92. The molecule has 0 aromatic carbocycles. The number of rotatable bonds is 5. The zero-order valence-electron chi connectivity index (χ0n) is 9.65. The standard InChI is InChI=1S/C11H22N2O2/c1-3-9(11(14)15)13(2)10-6-4-5-8(10)7-12/h8-10H,3-7,12H2,1-2H3,(H,14,15). The van der Waals surface area contributed by atoms with Crippen molar-refractivity contribution in [2.24, 2.45) is 11.7 Å². The number of hydrogen-bond acceptors (Lipinski definition) is 3. The Labute approximate surface area is 91.4 Å². The van der Waals surface area contributed by atoms with Gasteiger partial charge in [-0.1, -0.05) is 13.3 Å². The molecule has 1 rings (SSSR count). The van der Waals surface area contributed by atoms with Crippen LogP contribution in [0.25, 0.3) is 0 Å². The zero-order valence-corrected chi connectivity index (χ0v) is 9.65. The van der Waals surface area contributed by atoms with Gasteiger partial charge in [0.15, 0.2) is 0 Å². The van der Waals surface area contributed by atoms with E-state index in [0.29, 0.717) is 24.9 Å². The number of likely N-dealkylation sites (N-methyl/N-ethyl adjacent to an activating group) is 1. The first-order valence-electron chi connectivity index (χ1n) is 5.76. The van der Waals surface area contributed by atoms with E-state index < -0.39 is 5.97 Å². The molecule has 0 saturated heterocycles. The molecule has 0 heterocycles. The van der Waals surface area contributed by atoms with E-state index in [0.717, 1.165) is 12.8 Å². The van der Waals surface area contributed by atoms with Crippen LogP contribution < -0.4 is 5.73 Å². The van der Waals surface area contributed by atoms with Crippen LogP contribution in [0.15, 0.2) is 0 Å². The third-order valence-corrected chi connectivity index (χ3v) is 3.61. The maximum atomic E-state index is 11.1. The van der Waals surface area contributed by atoms with Gasteiger partial charge in [0, 0.05) is 6.04 Å². The first-order valence-corrected chi connectivity index (χ1v) is 5.76. The zero-order chi connectivity index (χ0) is 11.4. The molecule has 0 spiro atoms.